The van der Waals surface area contributed by atoms with E-state index in [4.69, 9.17) is 14.1 Å². The molecule has 8 heteroatoms. The third-order valence-corrected chi connectivity index (χ3v) is 5.49. The number of furan rings is 1. The fourth-order valence-corrected chi connectivity index (χ4v) is 3.80. The average Bonchev–Trinajstić information content (AvgIpc) is 3.30. The van der Waals surface area contributed by atoms with Crippen LogP contribution < -0.4 is 10.2 Å². The Balaban J connectivity index is 1.60. The van der Waals surface area contributed by atoms with Crippen LogP contribution in [0.2, 0.25) is 0 Å². The van der Waals surface area contributed by atoms with E-state index in [1.807, 2.05) is 43.4 Å². The van der Waals surface area contributed by atoms with Crippen LogP contribution in [0.15, 0.2) is 58.3 Å². The molecule has 3 aromatic rings. The van der Waals surface area contributed by atoms with Crippen LogP contribution in [-0.4, -0.2) is 36.6 Å². The average molecular weight is 441 g/mol. The smallest absolute Gasteiger partial charge is 0.251 e. The summed E-state index contributed by atoms with van der Waals surface area (Å²) in [6, 6.07) is 13.2. The van der Waals surface area contributed by atoms with Gasteiger partial charge in [-0.2, -0.15) is 0 Å². The molecule has 0 atom stereocenters. The van der Waals surface area contributed by atoms with Crippen LogP contribution >= 0.6 is 11.8 Å². The normalized spacial score (nSPS) is 10.8. The van der Waals surface area contributed by atoms with Crippen LogP contribution in [0.25, 0.3) is 0 Å². The Morgan fingerprint density at radius 1 is 1.23 bits per heavy atom. The Labute approximate surface area is 187 Å². The summed E-state index contributed by atoms with van der Waals surface area (Å²) in [7, 11) is 3.70. The Hall–Kier alpha value is -2.84. The van der Waals surface area contributed by atoms with Crippen LogP contribution in [0, 0.1) is 0 Å². The number of thioether (sulfide) groups is 1. The second kappa shape index (κ2) is 11.5. The van der Waals surface area contributed by atoms with Crippen molar-refractivity contribution >= 4 is 23.5 Å². The highest BCUT2D eigenvalue weighted by Gasteiger charge is 2.10. The number of ether oxygens (including phenoxy) is 1. The summed E-state index contributed by atoms with van der Waals surface area (Å²) in [6.07, 6.45) is 2.64. The number of hydrogen-bond donors (Lipinski definition) is 1. The minimum absolute atomic E-state index is 0.130. The number of methoxy groups -OCH3 is 1. The summed E-state index contributed by atoms with van der Waals surface area (Å²) < 4.78 is 10.5. The molecule has 1 N–H and O–H groups in total. The van der Waals surface area contributed by atoms with Crippen molar-refractivity contribution in [2.24, 2.45) is 0 Å². The van der Waals surface area contributed by atoms with Crippen molar-refractivity contribution in [3.63, 3.8) is 0 Å². The molecule has 1 amide bonds. The van der Waals surface area contributed by atoms with E-state index >= 15 is 0 Å². The first-order valence-corrected chi connectivity index (χ1v) is 11.2. The van der Waals surface area contributed by atoms with Crippen molar-refractivity contribution in [3.8, 4) is 0 Å². The molecule has 31 heavy (non-hydrogen) atoms. The maximum Gasteiger partial charge on any atom is 0.251 e. The topological polar surface area (TPSA) is 80.5 Å². The largest absolute Gasteiger partial charge is 0.467 e. The van der Waals surface area contributed by atoms with Gasteiger partial charge >= 0.3 is 0 Å². The minimum atomic E-state index is -0.130. The Morgan fingerprint density at radius 2 is 2.03 bits per heavy atom. The zero-order chi connectivity index (χ0) is 22.1. The van der Waals surface area contributed by atoms with Crippen LogP contribution in [0.3, 0.4) is 0 Å². The first-order chi connectivity index (χ1) is 15.1. The molecule has 3 rings (SSSR count). The molecule has 0 spiro atoms. The van der Waals surface area contributed by atoms with Crippen LogP contribution in [0.1, 0.15) is 40.7 Å². The first kappa shape index (κ1) is 22.8. The van der Waals surface area contributed by atoms with Gasteiger partial charge in [0.2, 0.25) is 0 Å². The van der Waals surface area contributed by atoms with Gasteiger partial charge in [-0.25, -0.2) is 9.97 Å². The summed E-state index contributed by atoms with van der Waals surface area (Å²) in [5.74, 6) is 2.20. The highest BCUT2D eigenvalue weighted by atomic mass is 32.2. The van der Waals surface area contributed by atoms with Gasteiger partial charge in [-0.05, 0) is 36.2 Å². The summed E-state index contributed by atoms with van der Waals surface area (Å²) >= 11 is 1.57. The number of anilines is 1. The Kier molecular flexibility index (Phi) is 8.49. The molecule has 1 aromatic carbocycles. The predicted molar refractivity (Wildman–Crippen MR) is 122 cm³/mol. The molecule has 0 radical (unpaired) electrons. The van der Waals surface area contributed by atoms with Crippen molar-refractivity contribution in [2.75, 3.05) is 25.6 Å². The number of rotatable bonds is 11. The van der Waals surface area contributed by atoms with Crippen molar-refractivity contribution in [1.82, 2.24) is 15.3 Å². The Morgan fingerprint density at radius 3 is 2.71 bits per heavy atom. The summed E-state index contributed by atoms with van der Waals surface area (Å²) in [4.78, 5) is 23.7. The second-order valence-corrected chi connectivity index (χ2v) is 8.04. The van der Waals surface area contributed by atoms with Gasteiger partial charge in [0.15, 0.2) is 5.16 Å². The Bertz CT molecular complexity index is 961. The maximum atomic E-state index is 12.3. The maximum absolute atomic E-state index is 12.3. The molecule has 7 nitrogen and oxygen atoms in total. The number of nitrogens with zero attached hydrogens (tertiary/aromatic N) is 3. The molecule has 0 saturated carbocycles. The molecule has 0 fully saturated rings. The number of hydrogen-bond acceptors (Lipinski definition) is 7. The fourth-order valence-electron chi connectivity index (χ4n) is 2.97. The summed E-state index contributed by atoms with van der Waals surface area (Å²) in [6.45, 7) is 3.89. The number of nitrogens with one attached hydrogen (secondary N) is 1. The lowest BCUT2D eigenvalue weighted by Gasteiger charge is -2.18. The van der Waals surface area contributed by atoms with E-state index in [2.05, 4.69) is 22.1 Å². The van der Waals surface area contributed by atoms with E-state index < -0.39 is 0 Å². The van der Waals surface area contributed by atoms with Gasteiger partial charge in [-0.15, -0.1) is 0 Å². The molecule has 0 aliphatic carbocycles. The molecule has 2 heterocycles. The van der Waals surface area contributed by atoms with Gasteiger partial charge in [0.05, 0.1) is 25.1 Å². The number of aromatic nitrogens is 2. The molecular weight excluding hydrogens is 412 g/mol. The van der Waals surface area contributed by atoms with E-state index in [0.29, 0.717) is 29.6 Å². The lowest BCUT2D eigenvalue weighted by molar-refractivity contribution is 0.0948. The first-order valence-electron chi connectivity index (χ1n) is 10.2. The third-order valence-electron chi connectivity index (χ3n) is 4.57. The predicted octanol–water partition coefficient (Wildman–Crippen LogP) is 4.28. The van der Waals surface area contributed by atoms with Gasteiger partial charge in [0, 0.05) is 38.1 Å². The second-order valence-electron chi connectivity index (χ2n) is 7.10. The van der Waals surface area contributed by atoms with Gasteiger partial charge in [-0.3, -0.25) is 4.79 Å². The van der Waals surface area contributed by atoms with E-state index in [0.717, 1.165) is 35.8 Å². The van der Waals surface area contributed by atoms with Crippen LogP contribution in [0.5, 0.6) is 0 Å². The highest BCUT2D eigenvalue weighted by molar-refractivity contribution is 7.98. The molecule has 0 aliphatic heterocycles. The van der Waals surface area contributed by atoms with Gasteiger partial charge in [0.25, 0.3) is 5.91 Å². The molecule has 2 aromatic heterocycles. The standard InChI is InChI=1S/C23H28N4O3S/c1-4-11-27(2)21-13-19(15-29-3)25-23(26-21)31-16-17-7-9-18(10-8-17)22(28)24-14-20-6-5-12-30-20/h5-10,12-13H,4,11,14-16H2,1-3H3,(H,24,28). The fraction of sp³-hybridized carbons (Fsp3) is 0.348. The lowest BCUT2D eigenvalue weighted by atomic mass is 10.1. The van der Waals surface area contributed by atoms with Crippen molar-refractivity contribution in [1.29, 1.82) is 0 Å². The molecular formula is C23H28N4O3S. The molecule has 0 aliphatic rings. The lowest BCUT2D eigenvalue weighted by Crippen LogP contribution is -2.22. The molecule has 0 saturated heterocycles. The van der Waals surface area contributed by atoms with E-state index in [-0.39, 0.29) is 5.91 Å². The number of benzene rings is 1. The van der Waals surface area contributed by atoms with Gasteiger partial charge in [0.1, 0.15) is 11.6 Å². The highest BCUT2D eigenvalue weighted by Crippen LogP contribution is 2.23. The summed E-state index contributed by atoms with van der Waals surface area (Å²) in [5, 5.41) is 3.57. The molecule has 0 bridgehead atoms. The van der Waals surface area contributed by atoms with E-state index in [9.17, 15) is 4.79 Å². The van der Waals surface area contributed by atoms with E-state index in [1.54, 1.807) is 31.2 Å². The third kappa shape index (κ3) is 6.83. The minimum Gasteiger partial charge on any atom is -0.467 e. The number of carbonyl (C=O) groups is 1. The zero-order valence-electron chi connectivity index (χ0n) is 18.1. The van der Waals surface area contributed by atoms with Gasteiger partial charge in [-0.1, -0.05) is 30.8 Å². The number of amides is 1. The monoisotopic (exact) mass is 440 g/mol. The van der Waals surface area contributed by atoms with Crippen molar-refractivity contribution in [2.45, 2.75) is 37.4 Å². The number of carbonyl (C=O) groups excluding carboxylic acids is 1. The quantitative estimate of drug-likeness (QED) is 0.352. The summed E-state index contributed by atoms with van der Waals surface area (Å²) in [5.41, 5.74) is 2.57. The van der Waals surface area contributed by atoms with Crippen LogP contribution in [0.4, 0.5) is 5.82 Å². The van der Waals surface area contributed by atoms with E-state index in [1.165, 1.54) is 0 Å². The molecule has 164 valence electrons. The SMILES string of the molecule is CCCN(C)c1cc(COC)nc(SCc2ccc(C(=O)NCc3ccco3)cc2)n1. The van der Waals surface area contributed by atoms with Crippen molar-refractivity contribution < 1.29 is 13.9 Å². The molecule has 0 unspecified atom stereocenters. The van der Waals surface area contributed by atoms with Crippen molar-refractivity contribution in [3.05, 3.63) is 71.3 Å². The van der Waals surface area contributed by atoms with Crippen LogP contribution in [-0.2, 0) is 23.6 Å². The zero-order valence-corrected chi connectivity index (χ0v) is 18.9. The van der Waals surface area contributed by atoms with Gasteiger partial charge < -0.3 is 19.4 Å².